The molecule has 4 heterocycles. The Morgan fingerprint density at radius 1 is 1.11 bits per heavy atom. The van der Waals surface area contributed by atoms with Crippen molar-refractivity contribution < 1.29 is 0 Å². The highest BCUT2D eigenvalue weighted by atomic mass is 32.1. The molecule has 0 unspecified atom stereocenters. The third-order valence-electron chi connectivity index (χ3n) is 4.43. The van der Waals surface area contributed by atoms with Gasteiger partial charge < -0.3 is 5.43 Å². The summed E-state index contributed by atoms with van der Waals surface area (Å²) in [6, 6.07) is 20.2. The molecule has 0 radical (unpaired) electrons. The number of hydrogen-bond acceptors (Lipinski definition) is 7. The highest BCUT2D eigenvalue weighted by molar-refractivity contribution is 7.15. The summed E-state index contributed by atoms with van der Waals surface area (Å²) >= 11 is 1.45. The largest absolute Gasteiger partial charge is 0.300 e. The van der Waals surface area contributed by atoms with Gasteiger partial charge in [0.1, 0.15) is 10.9 Å². The van der Waals surface area contributed by atoms with E-state index in [2.05, 4.69) is 40.2 Å². The number of hydrazine groups is 2. The molecule has 6 nitrogen and oxygen atoms in total. The number of nitrogens with one attached hydrogen (secondary N) is 2. The van der Waals surface area contributed by atoms with E-state index in [4.69, 9.17) is 10.2 Å². The Morgan fingerprint density at radius 2 is 2.07 bits per heavy atom. The van der Waals surface area contributed by atoms with Crippen LogP contribution in [0.2, 0.25) is 0 Å². The molecule has 0 bridgehead atoms. The summed E-state index contributed by atoms with van der Waals surface area (Å²) in [5.41, 5.74) is 10.3. The van der Waals surface area contributed by atoms with Crippen molar-refractivity contribution in [1.29, 1.82) is 5.26 Å². The molecule has 1 aliphatic heterocycles. The first kappa shape index (κ1) is 15.8. The minimum Gasteiger partial charge on any atom is -0.300 e. The van der Waals surface area contributed by atoms with E-state index < -0.39 is 0 Å². The zero-order valence-electron chi connectivity index (χ0n) is 14.2. The summed E-state index contributed by atoms with van der Waals surface area (Å²) in [4.78, 5) is 10.8. The minimum absolute atomic E-state index is 0.662. The molecule has 27 heavy (non-hydrogen) atoms. The lowest BCUT2D eigenvalue weighted by Crippen LogP contribution is -2.35. The second-order valence-corrected chi connectivity index (χ2v) is 7.28. The van der Waals surface area contributed by atoms with Crippen LogP contribution in [0.25, 0.3) is 21.5 Å². The van der Waals surface area contributed by atoms with E-state index >= 15 is 0 Å². The van der Waals surface area contributed by atoms with Crippen molar-refractivity contribution in [2.24, 2.45) is 0 Å². The Labute approximate surface area is 159 Å². The third kappa shape index (κ3) is 2.87. The van der Waals surface area contributed by atoms with Crippen LogP contribution in [0.3, 0.4) is 0 Å². The maximum atomic E-state index is 9.04. The van der Waals surface area contributed by atoms with Gasteiger partial charge in [0.25, 0.3) is 0 Å². The molecular weight excluding hydrogens is 356 g/mol. The van der Waals surface area contributed by atoms with Crippen LogP contribution < -0.4 is 16.0 Å². The van der Waals surface area contributed by atoms with Crippen molar-refractivity contribution in [2.45, 2.75) is 6.54 Å². The summed E-state index contributed by atoms with van der Waals surface area (Å²) in [6.07, 6.45) is 1.80. The molecule has 130 valence electrons. The van der Waals surface area contributed by atoms with Crippen LogP contribution in [0, 0.1) is 11.3 Å². The van der Waals surface area contributed by atoms with Gasteiger partial charge in [0.15, 0.2) is 5.82 Å². The smallest absolute Gasteiger partial charge is 0.170 e. The van der Waals surface area contributed by atoms with E-state index in [1.165, 1.54) is 11.3 Å². The van der Waals surface area contributed by atoms with Crippen molar-refractivity contribution >= 4 is 33.7 Å². The summed E-state index contributed by atoms with van der Waals surface area (Å²) < 4.78 is 0. The minimum atomic E-state index is 0.662. The van der Waals surface area contributed by atoms with Crippen LogP contribution in [0.15, 0.2) is 60.8 Å². The zero-order valence-corrected chi connectivity index (χ0v) is 15.0. The number of fused-ring (bicyclic) bond motifs is 2. The van der Waals surface area contributed by atoms with Crippen LogP contribution in [-0.2, 0) is 6.54 Å². The van der Waals surface area contributed by atoms with E-state index in [0.29, 0.717) is 11.4 Å². The molecule has 3 aromatic heterocycles. The van der Waals surface area contributed by atoms with Gasteiger partial charge in [0, 0.05) is 11.6 Å². The lowest BCUT2D eigenvalue weighted by atomic mass is 10.1. The Hall–Kier alpha value is -3.47. The number of pyridine rings is 2. The topological polar surface area (TPSA) is 76.9 Å². The Kier molecular flexibility index (Phi) is 3.71. The van der Waals surface area contributed by atoms with Crippen molar-refractivity contribution in [3.8, 4) is 16.6 Å². The third-order valence-corrected chi connectivity index (χ3v) is 5.45. The normalized spacial score (nSPS) is 12.6. The highest BCUT2D eigenvalue weighted by Crippen LogP contribution is 2.33. The molecule has 0 atom stereocenters. The number of anilines is 2. The van der Waals surface area contributed by atoms with E-state index in [0.717, 1.165) is 38.5 Å². The van der Waals surface area contributed by atoms with Crippen LogP contribution in [0.5, 0.6) is 0 Å². The number of aromatic nitrogens is 2. The van der Waals surface area contributed by atoms with E-state index in [9.17, 15) is 0 Å². The van der Waals surface area contributed by atoms with Crippen molar-refractivity contribution in [2.75, 3.05) is 10.4 Å². The molecule has 0 spiro atoms. The van der Waals surface area contributed by atoms with Gasteiger partial charge in [0.2, 0.25) is 0 Å². The van der Waals surface area contributed by atoms with E-state index in [1.54, 1.807) is 6.20 Å². The van der Waals surface area contributed by atoms with Crippen LogP contribution in [0.1, 0.15) is 10.4 Å². The molecule has 1 aromatic carbocycles. The summed E-state index contributed by atoms with van der Waals surface area (Å²) in [6.45, 7) is 0.662. The van der Waals surface area contributed by atoms with Crippen molar-refractivity contribution in [3.05, 3.63) is 71.2 Å². The number of nitriles is 1. The monoisotopic (exact) mass is 370 g/mol. The van der Waals surface area contributed by atoms with Gasteiger partial charge in [-0.2, -0.15) is 5.26 Å². The van der Waals surface area contributed by atoms with Gasteiger partial charge >= 0.3 is 0 Å². The lowest BCUT2D eigenvalue weighted by Gasteiger charge is -2.17. The summed E-state index contributed by atoms with van der Waals surface area (Å²) in [5, 5.41) is 12.1. The summed E-state index contributed by atoms with van der Waals surface area (Å²) in [5.74, 6) is 0.839. The standard InChI is InChI=1S/C20H14N6S/c21-11-15-4-8-19(27-15)17-6-7-18-20(23-17)26(25-24-18)12-13-3-5-16-14(10-13)2-1-9-22-16/h1-10,24-25H,12H2. The van der Waals surface area contributed by atoms with Crippen LogP contribution in [0.4, 0.5) is 11.5 Å². The Balaban J connectivity index is 1.46. The van der Waals surface area contributed by atoms with Crippen molar-refractivity contribution in [1.82, 2.24) is 15.5 Å². The van der Waals surface area contributed by atoms with Gasteiger partial charge in [-0.05, 0) is 48.0 Å². The van der Waals surface area contributed by atoms with E-state index in [1.807, 2.05) is 41.4 Å². The second-order valence-electron chi connectivity index (χ2n) is 6.20. The fourth-order valence-corrected chi connectivity index (χ4v) is 3.90. The molecule has 1 aliphatic rings. The average Bonchev–Trinajstić information content (AvgIpc) is 3.35. The van der Waals surface area contributed by atoms with Crippen LogP contribution in [-0.4, -0.2) is 9.97 Å². The summed E-state index contributed by atoms with van der Waals surface area (Å²) in [7, 11) is 0. The molecular formula is C20H14N6S. The first-order chi connectivity index (χ1) is 13.3. The zero-order chi connectivity index (χ0) is 18.2. The first-order valence-electron chi connectivity index (χ1n) is 8.44. The Bertz CT molecular complexity index is 1190. The molecule has 4 aromatic rings. The maximum Gasteiger partial charge on any atom is 0.170 e. The molecule has 2 N–H and O–H groups in total. The number of thiophene rings is 1. The maximum absolute atomic E-state index is 9.04. The van der Waals surface area contributed by atoms with Gasteiger partial charge in [-0.1, -0.05) is 12.1 Å². The molecule has 7 heteroatoms. The second kappa shape index (κ2) is 6.36. The SMILES string of the molecule is N#Cc1ccc(-c2ccc3c(n2)N(Cc2ccc4ncccc4c2)NN3)s1. The average molecular weight is 370 g/mol. The first-order valence-corrected chi connectivity index (χ1v) is 9.26. The quantitative estimate of drug-likeness (QED) is 0.566. The molecule has 0 aliphatic carbocycles. The molecule has 0 amide bonds. The van der Waals surface area contributed by atoms with Gasteiger partial charge in [-0.3, -0.25) is 9.99 Å². The fraction of sp³-hybridized carbons (Fsp3) is 0.0500. The van der Waals surface area contributed by atoms with Crippen molar-refractivity contribution in [3.63, 3.8) is 0 Å². The highest BCUT2D eigenvalue weighted by Gasteiger charge is 2.21. The molecule has 5 rings (SSSR count). The van der Waals surface area contributed by atoms with Gasteiger partial charge in [-0.15, -0.1) is 16.9 Å². The van der Waals surface area contributed by atoms with Gasteiger partial charge in [0.05, 0.1) is 28.3 Å². The van der Waals surface area contributed by atoms with E-state index in [-0.39, 0.29) is 0 Å². The Morgan fingerprint density at radius 3 is 2.96 bits per heavy atom. The number of hydrogen-bond donors (Lipinski definition) is 2. The molecule has 0 saturated carbocycles. The fourth-order valence-electron chi connectivity index (χ4n) is 3.13. The molecule has 0 fully saturated rings. The predicted molar refractivity (Wildman–Crippen MR) is 107 cm³/mol. The number of rotatable bonds is 3. The lowest BCUT2D eigenvalue weighted by molar-refractivity contribution is 0.718. The number of benzene rings is 1. The predicted octanol–water partition coefficient (Wildman–Crippen LogP) is 4.08. The van der Waals surface area contributed by atoms with Crippen LogP contribution >= 0.6 is 11.3 Å². The molecule has 0 saturated heterocycles. The van der Waals surface area contributed by atoms with Gasteiger partial charge in [-0.25, -0.2) is 4.98 Å². The number of nitrogens with zero attached hydrogens (tertiary/aromatic N) is 4.